The van der Waals surface area contributed by atoms with Crippen LogP contribution in [-0.4, -0.2) is 19.5 Å². The number of rotatable bonds is 2. The van der Waals surface area contributed by atoms with Crippen molar-refractivity contribution in [1.82, 2.24) is 0 Å². The summed E-state index contributed by atoms with van der Waals surface area (Å²) in [6, 6.07) is 0. The molecular formula is C3H4F2O2. The van der Waals surface area contributed by atoms with Crippen molar-refractivity contribution in [2.45, 2.75) is 12.9 Å². The van der Waals surface area contributed by atoms with Crippen molar-refractivity contribution in [3.05, 3.63) is 0 Å². The van der Waals surface area contributed by atoms with Crippen molar-refractivity contribution in [1.29, 1.82) is 0 Å². The van der Waals surface area contributed by atoms with E-state index in [-0.39, 0.29) is 0 Å². The predicted octanol–water partition coefficient (Wildman–Crippen LogP) is 0.582. The Morgan fingerprint density at radius 3 is 2.43 bits per heavy atom. The van der Waals surface area contributed by atoms with Gasteiger partial charge in [0.1, 0.15) is 6.61 Å². The van der Waals surface area contributed by atoms with Crippen LogP contribution in [0.1, 0.15) is 0 Å². The third kappa shape index (κ3) is 1.80. The molecule has 2 nitrogen and oxygen atoms in total. The molecule has 0 amide bonds. The minimum absolute atomic E-state index is 0.310. The average molecular weight is 110 g/mol. The van der Waals surface area contributed by atoms with Crippen molar-refractivity contribution in [3.63, 3.8) is 0 Å². The smallest absolute Gasteiger partial charge is 0.345 e. The summed E-state index contributed by atoms with van der Waals surface area (Å²) in [5.41, 5.74) is 0. The van der Waals surface area contributed by atoms with E-state index in [1.54, 1.807) is 0 Å². The summed E-state index contributed by atoms with van der Waals surface area (Å²) in [5.74, 6) is 0. The summed E-state index contributed by atoms with van der Waals surface area (Å²) >= 11 is 0. The summed E-state index contributed by atoms with van der Waals surface area (Å²) in [4.78, 5) is 0. The van der Waals surface area contributed by atoms with Crippen LogP contribution in [0.15, 0.2) is 0 Å². The molecule has 0 aromatic heterocycles. The molecular weight excluding hydrogens is 106 g/mol. The van der Waals surface area contributed by atoms with Crippen LogP contribution in [0, 0.1) is 0 Å². The SMILES string of the molecule is FC(F)OC1CO1. The minimum Gasteiger partial charge on any atom is -0.345 e. The van der Waals surface area contributed by atoms with Crippen LogP contribution in [0.3, 0.4) is 0 Å². The number of epoxide rings is 1. The molecule has 4 heteroatoms. The van der Waals surface area contributed by atoms with Gasteiger partial charge in [0.2, 0.25) is 0 Å². The lowest BCUT2D eigenvalue weighted by Crippen LogP contribution is -2.00. The zero-order valence-electron chi connectivity index (χ0n) is 3.43. The summed E-state index contributed by atoms with van der Waals surface area (Å²) in [6.45, 7) is -2.38. The van der Waals surface area contributed by atoms with Crippen molar-refractivity contribution < 1.29 is 18.3 Å². The second kappa shape index (κ2) is 1.71. The van der Waals surface area contributed by atoms with E-state index in [1.807, 2.05) is 0 Å². The summed E-state index contributed by atoms with van der Waals surface area (Å²) in [7, 11) is 0. The Morgan fingerprint density at radius 1 is 1.71 bits per heavy atom. The van der Waals surface area contributed by atoms with Crippen LogP contribution < -0.4 is 0 Å². The van der Waals surface area contributed by atoms with Gasteiger partial charge in [-0.05, 0) is 0 Å². The van der Waals surface area contributed by atoms with Gasteiger partial charge < -0.3 is 4.74 Å². The Labute approximate surface area is 39.0 Å². The van der Waals surface area contributed by atoms with E-state index < -0.39 is 12.9 Å². The van der Waals surface area contributed by atoms with Gasteiger partial charge in [0.15, 0.2) is 6.29 Å². The molecule has 1 aliphatic rings. The van der Waals surface area contributed by atoms with E-state index in [1.165, 1.54) is 0 Å². The molecule has 1 atom stereocenters. The molecule has 0 spiro atoms. The summed E-state index contributed by atoms with van der Waals surface area (Å²) < 4.78 is 30.2. The molecule has 1 aliphatic heterocycles. The maximum Gasteiger partial charge on any atom is 0.347 e. The molecule has 1 rings (SSSR count). The second-order valence-electron chi connectivity index (χ2n) is 1.16. The average Bonchev–Trinajstić information content (AvgIpc) is 2.17. The van der Waals surface area contributed by atoms with E-state index >= 15 is 0 Å². The van der Waals surface area contributed by atoms with Gasteiger partial charge >= 0.3 is 6.61 Å². The topological polar surface area (TPSA) is 21.8 Å². The highest BCUT2D eigenvalue weighted by Gasteiger charge is 2.26. The van der Waals surface area contributed by atoms with Gasteiger partial charge in [-0.1, -0.05) is 0 Å². The highest BCUT2D eigenvalue weighted by atomic mass is 19.3. The van der Waals surface area contributed by atoms with Crippen LogP contribution in [0.2, 0.25) is 0 Å². The van der Waals surface area contributed by atoms with Crippen molar-refractivity contribution in [2.24, 2.45) is 0 Å². The van der Waals surface area contributed by atoms with E-state index in [0.29, 0.717) is 6.61 Å². The first-order valence-electron chi connectivity index (χ1n) is 1.84. The molecule has 7 heavy (non-hydrogen) atoms. The summed E-state index contributed by atoms with van der Waals surface area (Å²) in [6.07, 6.45) is -0.625. The van der Waals surface area contributed by atoms with Gasteiger partial charge in [-0.2, -0.15) is 8.78 Å². The van der Waals surface area contributed by atoms with Crippen LogP contribution in [-0.2, 0) is 9.47 Å². The molecule has 1 saturated heterocycles. The van der Waals surface area contributed by atoms with Crippen LogP contribution >= 0.6 is 0 Å². The normalized spacial score (nSPS) is 28.7. The van der Waals surface area contributed by atoms with Gasteiger partial charge in [0.25, 0.3) is 0 Å². The standard InChI is InChI=1S/C3H4F2O2/c4-3(5)7-2-1-6-2/h2-3H,1H2. The number of hydrogen-bond acceptors (Lipinski definition) is 2. The Bertz CT molecular complexity index is 62.0. The number of halogens is 2. The molecule has 0 N–H and O–H groups in total. The first-order valence-corrected chi connectivity index (χ1v) is 1.84. The zero-order valence-corrected chi connectivity index (χ0v) is 3.43. The van der Waals surface area contributed by atoms with E-state index in [9.17, 15) is 8.78 Å². The zero-order chi connectivity index (χ0) is 5.28. The lowest BCUT2D eigenvalue weighted by atomic mass is 10.9. The predicted molar refractivity (Wildman–Crippen MR) is 16.8 cm³/mol. The van der Waals surface area contributed by atoms with Gasteiger partial charge in [-0.3, -0.25) is 4.74 Å². The van der Waals surface area contributed by atoms with Crippen molar-refractivity contribution in [3.8, 4) is 0 Å². The minimum atomic E-state index is -2.69. The fourth-order valence-corrected chi connectivity index (χ4v) is 0.233. The molecule has 0 radical (unpaired) electrons. The van der Waals surface area contributed by atoms with E-state index in [0.717, 1.165) is 0 Å². The van der Waals surface area contributed by atoms with Crippen LogP contribution in [0.5, 0.6) is 0 Å². The number of hydrogen-bond donors (Lipinski definition) is 0. The Kier molecular flexibility index (Phi) is 1.21. The Hall–Kier alpha value is -0.220. The molecule has 1 unspecified atom stereocenters. The molecule has 1 fully saturated rings. The summed E-state index contributed by atoms with van der Waals surface area (Å²) in [5, 5.41) is 0. The Balaban J connectivity index is 1.97. The highest BCUT2D eigenvalue weighted by Crippen LogP contribution is 2.13. The van der Waals surface area contributed by atoms with E-state index in [2.05, 4.69) is 9.47 Å². The lowest BCUT2D eigenvalue weighted by molar-refractivity contribution is -0.158. The largest absolute Gasteiger partial charge is 0.347 e. The first-order chi connectivity index (χ1) is 3.29. The lowest BCUT2D eigenvalue weighted by Gasteiger charge is -1.92. The van der Waals surface area contributed by atoms with Crippen molar-refractivity contribution >= 4 is 0 Å². The maximum absolute atomic E-state index is 11.0. The molecule has 0 saturated carbocycles. The number of alkyl halides is 2. The molecule has 0 aromatic carbocycles. The third-order valence-electron chi connectivity index (χ3n) is 0.557. The van der Waals surface area contributed by atoms with Gasteiger partial charge in [0.05, 0.1) is 0 Å². The molecule has 42 valence electrons. The fourth-order valence-electron chi connectivity index (χ4n) is 0.233. The highest BCUT2D eigenvalue weighted by molar-refractivity contribution is 4.53. The second-order valence-corrected chi connectivity index (χ2v) is 1.16. The fraction of sp³-hybridized carbons (Fsp3) is 1.00. The first kappa shape index (κ1) is 4.93. The molecule has 0 aromatic rings. The van der Waals surface area contributed by atoms with Gasteiger partial charge in [0, 0.05) is 0 Å². The maximum atomic E-state index is 11.0. The van der Waals surface area contributed by atoms with E-state index in [4.69, 9.17) is 0 Å². The Morgan fingerprint density at radius 2 is 2.29 bits per heavy atom. The quantitative estimate of drug-likeness (QED) is 0.485. The van der Waals surface area contributed by atoms with Gasteiger partial charge in [-0.15, -0.1) is 0 Å². The number of ether oxygens (including phenoxy) is 2. The van der Waals surface area contributed by atoms with Gasteiger partial charge in [-0.25, -0.2) is 0 Å². The van der Waals surface area contributed by atoms with Crippen LogP contribution in [0.25, 0.3) is 0 Å². The molecule has 0 bridgehead atoms. The monoisotopic (exact) mass is 110 g/mol. The van der Waals surface area contributed by atoms with Crippen LogP contribution in [0.4, 0.5) is 8.78 Å². The third-order valence-corrected chi connectivity index (χ3v) is 0.557. The molecule has 1 heterocycles. The molecule has 0 aliphatic carbocycles. The van der Waals surface area contributed by atoms with Crippen molar-refractivity contribution in [2.75, 3.05) is 6.61 Å².